The van der Waals surface area contributed by atoms with Gasteiger partial charge in [0.15, 0.2) is 5.78 Å². The lowest BCUT2D eigenvalue weighted by Crippen LogP contribution is -2.54. The molecule has 0 unspecified atom stereocenters. The molecule has 0 radical (unpaired) electrons. The second kappa shape index (κ2) is 11.7. The molecule has 8 heteroatoms. The second-order valence-electron chi connectivity index (χ2n) is 10.7. The number of hydrogen-bond acceptors (Lipinski definition) is 6. The van der Waals surface area contributed by atoms with Gasteiger partial charge >= 0.3 is 6.09 Å². The van der Waals surface area contributed by atoms with Gasteiger partial charge in [-0.3, -0.25) is 14.7 Å². The van der Waals surface area contributed by atoms with Crippen LogP contribution in [0.5, 0.6) is 0 Å². The number of ketones is 1. The molecule has 0 spiro atoms. The van der Waals surface area contributed by atoms with E-state index >= 15 is 0 Å². The Balaban J connectivity index is 1.24. The number of piperazine rings is 1. The Morgan fingerprint density at radius 1 is 1.00 bits per heavy atom. The van der Waals surface area contributed by atoms with Crippen molar-refractivity contribution in [1.29, 1.82) is 0 Å². The molecular weight excluding hydrogens is 483 g/mol. The van der Waals surface area contributed by atoms with Crippen molar-refractivity contribution in [2.45, 2.75) is 45.9 Å². The number of aromatic nitrogens is 1. The zero-order valence-corrected chi connectivity index (χ0v) is 22.4. The van der Waals surface area contributed by atoms with E-state index in [0.29, 0.717) is 12.2 Å². The van der Waals surface area contributed by atoms with Crippen molar-refractivity contribution in [1.82, 2.24) is 14.8 Å². The largest absolute Gasteiger partial charge is 0.444 e. The molecule has 1 atom stereocenters. The Morgan fingerprint density at radius 3 is 2.29 bits per heavy atom. The molecule has 4 rings (SSSR count). The third-order valence-electron chi connectivity index (χ3n) is 6.38. The van der Waals surface area contributed by atoms with Gasteiger partial charge in [-0.15, -0.1) is 0 Å². The second-order valence-corrected chi connectivity index (χ2v) is 10.7. The van der Waals surface area contributed by atoms with Crippen LogP contribution in [0.25, 0.3) is 11.1 Å². The number of ether oxygens (including phenoxy) is 1. The number of anilines is 1. The maximum Gasteiger partial charge on any atom is 0.410 e. The minimum absolute atomic E-state index is 0.0731. The molecule has 1 fully saturated rings. The highest BCUT2D eigenvalue weighted by molar-refractivity contribution is 5.97. The molecule has 3 aromatic rings. The van der Waals surface area contributed by atoms with Crippen LogP contribution in [-0.4, -0.2) is 64.5 Å². The van der Waals surface area contributed by atoms with Crippen molar-refractivity contribution in [2.75, 3.05) is 31.5 Å². The number of benzene rings is 2. The number of hydrogen-bond donors (Lipinski definition) is 1. The lowest BCUT2D eigenvalue weighted by Gasteiger charge is -2.40. The van der Waals surface area contributed by atoms with E-state index in [0.717, 1.165) is 42.0 Å². The summed E-state index contributed by atoms with van der Waals surface area (Å²) in [4.78, 5) is 33.5. The fourth-order valence-corrected chi connectivity index (χ4v) is 4.40. The first-order chi connectivity index (χ1) is 18.1. The third kappa shape index (κ3) is 7.38. The topological polar surface area (TPSA) is 74.8 Å². The van der Waals surface area contributed by atoms with E-state index < -0.39 is 5.60 Å². The molecule has 1 aromatic heterocycles. The molecule has 38 heavy (non-hydrogen) atoms. The van der Waals surface area contributed by atoms with Gasteiger partial charge in [-0.2, -0.15) is 0 Å². The van der Waals surface area contributed by atoms with Gasteiger partial charge in [0.25, 0.3) is 0 Å². The zero-order chi connectivity index (χ0) is 27.3. The van der Waals surface area contributed by atoms with E-state index in [2.05, 4.69) is 15.2 Å². The SMILES string of the molecule is C[C@H]1CN(Cc2ccc(NCC(=O)c3ccc(-c4ccc(F)cc4)cn3)cc2)CCN1C(=O)OC(C)(C)C. The lowest BCUT2D eigenvalue weighted by atomic mass is 10.1. The third-order valence-corrected chi connectivity index (χ3v) is 6.38. The molecule has 2 aromatic carbocycles. The van der Waals surface area contributed by atoms with Crippen molar-refractivity contribution >= 4 is 17.6 Å². The monoisotopic (exact) mass is 518 g/mol. The maximum atomic E-state index is 13.1. The molecule has 0 saturated carbocycles. The Hall–Kier alpha value is -3.78. The van der Waals surface area contributed by atoms with Crippen molar-refractivity contribution in [2.24, 2.45) is 0 Å². The first-order valence-electron chi connectivity index (χ1n) is 12.9. The van der Waals surface area contributed by atoms with Gasteiger partial charge in [0.2, 0.25) is 0 Å². The zero-order valence-electron chi connectivity index (χ0n) is 22.4. The number of carbonyl (C=O) groups excluding carboxylic acids is 2. The summed E-state index contributed by atoms with van der Waals surface area (Å²) in [5, 5.41) is 3.17. The minimum atomic E-state index is -0.499. The predicted octanol–water partition coefficient (Wildman–Crippen LogP) is 5.62. The molecule has 1 N–H and O–H groups in total. The van der Waals surface area contributed by atoms with Crippen LogP contribution in [0.1, 0.15) is 43.7 Å². The van der Waals surface area contributed by atoms with E-state index in [1.807, 2.05) is 58.0 Å². The summed E-state index contributed by atoms with van der Waals surface area (Å²) in [5.74, 6) is -0.406. The fraction of sp³-hybridized carbons (Fsp3) is 0.367. The van der Waals surface area contributed by atoms with E-state index in [1.54, 1.807) is 29.3 Å². The van der Waals surface area contributed by atoms with E-state index in [9.17, 15) is 14.0 Å². The Morgan fingerprint density at radius 2 is 1.68 bits per heavy atom. The molecule has 0 aliphatic carbocycles. The van der Waals surface area contributed by atoms with Crippen molar-refractivity contribution < 1.29 is 18.7 Å². The summed E-state index contributed by atoms with van der Waals surface area (Å²) in [6.07, 6.45) is 1.37. The molecule has 200 valence electrons. The van der Waals surface area contributed by atoms with Crippen LogP contribution >= 0.6 is 0 Å². The van der Waals surface area contributed by atoms with Gasteiger partial charge in [0.1, 0.15) is 17.1 Å². The number of nitrogens with zero attached hydrogens (tertiary/aromatic N) is 3. The number of halogens is 1. The Kier molecular flexibility index (Phi) is 8.42. The summed E-state index contributed by atoms with van der Waals surface area (Å²) < 4.78 is 18.7. The average molecular weight is 519 g/mol. The summed E-state index contributed by atoms with van der Waals surface area (Å²) in [5.41, 5.74) is 3.56. The average Bonchev–Trinajstić information content (AvgIpc) is 2.88. The minimum Gasteiger partial charge on any atom is -0.444 e. The number of rotatable bonds is 7. The molecule has 1 aliphatic heterocycles. The number of carbonyl (C=O) groups is 2. The smallest absolute Gasteiger partial charge is 0.410 e. The van der Waals surface area contributed by atoms with Crippen molar-refractivity contribution in [3.05, 3.63) is 83.9 Å². The number of Topliss-reactive ketones (excluding diaryl/α,β-unsaturated/α-hetero) is 1. The fourth-order valence-electron chi connectivity index (χ4n) is 4.40. The van der Waals surface area contributed by atoms with Crippen LogP contribution in [0.15, 0.2) is 66.9 Å². The molecule has 7 nitrogen and oxygen atoms in total. The van der Waals surface area contributed by atoms with Gasteiger partial charge in [0.05, 0.1) is 6.54 Å². The summed E-state index contributed by atoms with van der Waals surface area (Å²) in [7, 11) is 0. The van der Waals surface area contributed by atoms with Gasteiger partial charge in [-0.05, 0) is 69.2 Å². The number of nitrogens with one attached hydrogen (secondary N) is 1. The van der Waals surface area contributed by atoms with Crippen LogP contribution in [-0.2, 0) is 11.3 Å². The standard InChI is InChI=1S/C30H35FN4O3/c1-21-19-34(15-16-35(21)29(37)38-30(2,3)4)20-22-5-12-26(13-6-22)32-18-28(36)27-14-9-24(17-33-27)23-7-10-25(31)11-8-23/h5-14,17,21,32H,15-16,18-20H2,1-4H3/t21-/m0/s1. The highest BCUT2D eigenvalue weighted by Crippen LogP contribution is 2.20. The van der Waals surface area contributed by atoms with E-state index in [1.165, 1.54) is 12.1 Å². The van der Waals surface area contributed by atoms with Gasteiger partial charge in [0, 0.05) is 49.7 Å². The molecule has 1 aliphatic rings. The Labute approximate surface area is 223 Å². The summed E-state index contributed by atoms with van der Waals surface area (Å²) in [6, 6.07) is 17.8. The number of amides is 1. The molecule has 2 heterocycles. The van der Waals surface area contributed by atoms with Crippen LogP contribution < -0.4 is 5.32 Å². The highest BCUT2D eigenvalue weighted by Gasteiger charge is 2.30. The summed E-state index contributed by atoms with van der Waals surface area (Å²) >= 11 is 0. The quantitative estimate of drug-likeness (QED) is 0.409. The van der Waals surface area contributed by atoms with Gasteiger partial charge in [-0.25, -0.2) is 9.18 Å². The van der Waals surface area contributed by atoms with Gasteiger partial charge in [-0.1, -0.05) is 30.3 Å². The molecule has 1 amide bonds. The molecule has 1 saturated heterocycles. The lowest BCUT2D eigenvalue weighted by molar-refractivity contribution is 0.000552. The first kappa shape index (κ1) is 27.3. The van der Waals surface area contributed by atoms with E-state index in [4.69, 9.17) is 4.74 Å². The van der Waals surface area contributed by atoms with Crippen LogP contribution in [0.3, 0.4) is 0 Å². The highest BCUT2D eigenvalue weighted by atomic mass is 19.1. The van der Waals surface area contributed by atoms with Crippen LogP contribution in [0.2, 0.25) is 0 Å². The van der Waals surface area contributed by atoms with Crippen LogP contribution in [0, 0.1) is 5.82 Å². The van der Waals surface area contributed by atoms with Gasteiger partial charge < -0.3 is 15.0 Å². The van der Waals surface area contributed by atoms with Crippen LogP contribution in [0.4, 0.5) is 14.9 Å². The predicted molar refractivity (Wildman–Crippen MR) is 147 cm³/mol. The first-order valence-corrected chi connectivity index (χ1v) is 12.9. The molecule has 0 bridgehead atoms. The molecular formula is C30H35FN4O3. The Bertz CT molecular complexity index is 1240. The van der Waals surface area contributed by atoms with Crippen molar-refractivity contribution in [3.63, 3.8) is 0 Å². The maximum absolute atomic E-state index is 13.1. The summed E-state index contributed by atoms with van der Waals surface area (Å²) in [6.45, 7) is 10.8. The van der Waals surface area contributed by atoms with E-state index in [-0.39, 0.29) is 30.3 Å². The normalized spacial score (nSPS) is 16.2. The number of pyridine rings is 1. The van der Waals surface area contributed by atoms with Crippen molar-refractivity contribution in [3.8, 4) is 11.1 Å².